The molecule has 0 saturated heterocycles. The predicted octanol–water partition coefficient (Wildman–Crippen LogP) is 4.53. The summed E-state index contributed by atoms with van der Waals surface area (Å²) in [5, 5.41) is 0.379. The molecule has 0 bridgehead atoms. The zero-order valence-corrected chi connectivity index (χ0v) is 10.4. The molecule has 1 aromatic carbocycles. The maximum Gasteiger partial charge on any atom is 0.363 e. The molecule has 1 aromatic heterocycles. The smallest absolute Gasteiger partial charge is 0.363 e. The number of methoxy groups -OCH3 is 1. The van der Waals surface area contributed by atoms with Gasteiger partial charge in [-0.1, -0.05) is 12.2 Å². The summed E-state index contributed by atoms with van der Waals surface area (Å²) in [6.07, 6.45) is -3.87. The van der Waals surface area contributed by atoms with E-state index in [1.165, 1.54) is 19.2 Å². The van der Waals surface area contributed by atoms with Gasteiger partial charge in [0.1, 0.15) is 11.3 Å². The second-order valence-electron chi connectivity index (χ2n) is 3.76. The van der Waals surface area contributed by atoms with Gasteiger partial charge in [0.05, 0.1) is 11.6 Å². The van der Waals surface area contributed by atoms with Gasteiger partial charge >= 0.3 is 12.3 Å². The largest absolute Gasteiger partial charge is 0.497 e. The first kappa shape index (κ1) is 13.8. The molecule has 0 aliphatic rings. The molecule has 0 amide bonds. The van der Waals surface area contributed by atoms with E-state index >= 15 is 0 Å². The van der Waals surface area contributed by atoms with Crippen molar-refractivity contribution >= 4 is 23.2 Å². The minimum Gasteiger partial charge on any atom is -0.497 e. The van der Waals surface area contributed by atoms with Gasteiger partial charge in [0, 0.05) is 17.5 Å². The summed E-state index contributed by atoms with van der Waals surface area (Å²) in [5.74, 6) is -5.19. The minimum atomic E-state index is -4.38. The lowest BCUT2D eigenvalue weighted by molar-refractivity contribution is -0.147. The number of hydrogen-bond donors (Lipinski definition) is 0. The number of rotatable bonds is 3. The van der Waals surface area contributed by atoms with Gasteiger partial charge in [-0.05, 0) is 12.1 Å². The van der Waals surface area contributed by atoms with Crippen molar-refractivity contribution in [3.05, 3.63) is 34.5 Å². The lowest BCUT2D eigenvalue weighted by atomic mass is 10.2. The molecule has 2 aromatic rings. The zero-order valence-electron chi connectivity index (χ0n) is 9.62. The Labute approximate surface area is 110 Å². The van der Waals surface area contributed by atoms with Crippen LogP contribution in [0.25, 0.3) is 11.0 Å². The number of benzene rings is 1. The molecule has 0 aliphatic carbocycles. The molecule has 19 heavy (non-hydrogen) atoms. The van der Waals surface area contributed by atoms with Gasteiger partial charge in [-0.15, -0.1) is 0 Å². The third-order valence-corrected chi connectivity index (χ3v) is 2.88. The highest BCUT2D eigenvalue weighted by Gasteiger charge is 2.45. The van der Waals surface area contributed by atoms with Gasteiger partial charge in [0.25, 0.3) is 0 Å². The second-order valence-corrected chi connectivity index (χ2v) is 4.20. The fourth-order valence-electron chi connectivity index (χ4n) is 1.53. The second kappa shape index (κ2) is 4.80. The quantitative estimate of drug-likeness (QED) is 0.613. The van der Waals surface area contributed by atoms with E-state index < -0.39 is 18.1 Å². The van der Waals surface area contributed by atoms with Crippen molar-refractivity contribution in [3.63, 3.8) is 0 Å². The number of ether oxygens (including phenoxy) is 1. The number of fused-ring (bicyclic) bond motifs is 1. The van der Waals surface area contributed by atoms with Crippen LogP contribution in [0, 0.1) is 4.51 Å². The third-order valence-electron chi connectivity index (χ3n) is 2.54. The van der Waals surface area contributed by atoms with Crippen molar-refractivity contribution in [2.45, 2.75) is 12.3 Å². The standard InChI is InChI=1S/C12H8F4O2S/c1-17-6-2-3-7-8(4-6)18-10(5-9(7)19)12(15,16)11(13)14/h2-5,11H,1H3. The summed E-state index contributed by atoms with van der Waals surface area (Å²) in [5.41, 5.74) is -0.0258. The van der Waals surface area contributed by atoms with Crippen LogP contribution in [0.2, 0.25) is 0 Å². The first-order valence-electron chi connectivity index (χ1n) is 5.14. The van der Waals surface area contributed by atoms with Gasteiger partial charge in [-0.25, -0.2) is 8.78 Å². The lowest BCUT2D eigenvalue weighted by Crippen LogP contribution is -2.23. The molecular weight excluding hydrogens is 284 g/mol. The van der Waals surface area contributed by atoms with Crippen LogP contribution in [0.3, 0.4) is 0 Å². The maximum atomic E-state index is 13.2. The normalized spacial score (nSPS) is 12.1. The first-order chi connectivity index (χ1) is 8.86. The van der Waals surface area contributed by atoms with E-state index in [9.17, 15) is 17.6 Å². The topological polar surface area (TPSA) is 22.4 Å². The summed E-state index contributed by atoms with van der Waals surface area (Å²) in [4.78, 5) is 0. The summed E-state index contributed by atoms with van der Waals surface area (Å²) < 4.78 is 60.9. The third kappa shape index (κ3) is 2.42. The molecule has 7 heteroatoms. The van der Waals surface area contributed by atoms with Crippen LogP contribution in [0.1, 0.15) is 5.76 Å². The van der Waals surface area contributed by atoms with Crippen LogP contribution in [-0.2, 0) is 5.92 Å². The summed E-state index contributed by atoms with van der Waals surface area (Å²) >= 11 is 4.90. The van der Waals surface area contributed by atoms with Crippen LogP contribution in [0.15, 0.2) is 28.7 Å². The van der Waals surface area contributed by atoms with Crippen molar-refractivity contribution < 1.29 is 26.7 Å². The Morgan fingerprint density at radius 3 is 2.53 bits per heavy atom. The van der Waals surface area contributed by atoms with E-state index in [1.54, 1.807) is 6.07 Å². The molecule has 2 rings (SSSR count). The number of hydrogen-bond acceptors (Lipinski definition) is 3. The predicted molar refractivity (Wildman–Crippen MR) is 63.5 cm³/mol. The van der Waals surface area contributed by atoms with E-state index in [-0.39, 0.29) is 10.1 Å². The molecule has 0 atom stereocenters. The Morgan fingerprint density at radius 2 is 1.95 bits per heavy atom. The molecule has 0 saturated carbocycles. The van der Waals surface area contributed by atoms with Crippen LogP contribution in [0.5, 0.6) is 5.75 Å². The Hall–Kier alpha value is -1.63. The minimum absolute atomic E-state index is 0.0132. The van der Waals surface area contributed by atoms with Crippen molar-refractivity contribution in [1.29, 1.82) is 0 Å². The van der Waals surface area contributed by atoms with Gasteiger partial charge in [0.2, 0.25) is 0 Å². The average molecular weight is 292 g/mol. The van der Waals surface area contributed by atoms with Crippen molar-refractivity contribution in [3.8, 4) is 5.75 Å². The zero-order chi connectivity index (χ0) is 14.2. The molecule has 1 heterocycles. The Kier molecular flexibility index (Phi) is 3.49. The monoisotopic (exact) mass is 292 g/mol. The Morgan fingerprint density at radius 1 is 1.26 bits per heavy atom. The van der Waals surface area contributed by atoms with Crippen molar-refractivity contribution in [2.24, 2.45) is 0 Å². The van der Waals surface area contributed by atoms with Crippen LogP contribution >= 0.6 is 12.2 Å². The molecule has 0 unspecified atom stereocenters. The Balaban J connectivity index is 2.69. The van der Waals surface area contributed by atoms with E-state index in [2.05, 4.69) is 0 Å². The van der Waals surface area contributed by atoms with E-state index in [4.69, 9.17) is 21.4 Å². The highest BCUT2D eigenvalue weighted by Crippen LogP contribution is 2.36. The molecular formula is C12H8F4O2S. The van der Waals surface area contributed by atoms with Crippen LogP contribution in [0.4, 0.5) is 17.6 Å². The van der Waals surface area contributed by atoms with E-state index in [0.717, 1.165) is 6.07 Å². The fourth-order valence-corrected chi connectivity index (χ4v) is 1.81. The Bertz CT molecular complexity index is 666. The molecule has 0 radical (unpaired) electrons. The van der Waals surface area contributed by atoms with Crippen LogP contribution < -0.4 is 4.74 Å². The number of alkyl halides is 4. The van der Waals surface area contributed by atoms with Crippen molar-refractivity contribution in [2.75, 3.05) is 7.11 Å². The lowest BCUT2D eigenvalue weighted by Gasteiger charge is -2.14. The van der Waals surface area contributed by atoms with Gasteiger partial charge in [-0.3, -0.25) is 0 Å². The van der Waals surface area contributed by atoms with Crippen LogP contribution in [-0.4, -0.2) is 13.5 Å². The van der Waals surface area contributed by atoms with Gasteiger partial charge in [-0.2, -0.15) is 8.78 Å². The summed E-state index contributed by atoms with van der Waals surface area (Å²) in [7, 11) is 1.38. The molecule has 0 spiro atoms. The summed E-state index contributed by atoms with van der Waals surface area (Å²) in [6.45, 7) is 0. The molecule has 0 fully saturated rings. The average Bonchev–Trinajstić information content (AvgIpc) is 2.37. The van der Waals surface area contributed by atoms with E-state index in [1.807, 2.05) is 0 Å². The fraction of sp³-hybridized carbons (Fsp3) is 0.250. The molecule has 0 aliphatic heterocycles. The molecule has 0 N–H and O–H groups in total. The van der Waals surface area contributed by atoms with E-state index in [0.29, 0.717) is 11.1 Å². The van der Waals surface area contributed by atoms with Gasteiger partial charge in [0.15, 0.2) is 5.76 Å². The molecule has 2 nitrogen and oxygen atoms in total. The van der Waals surface area contributed by atoms with Crippen molar-refractivity contribution in [1.82, 2.24) is 0 Å². The number of halogens is 4. The SMILES string of the molecule is COc1ccc2c(=S)cc(C(F)(F)C(F)F)oc2c1. The molecule has 102 valence electrons. The highest BCUT2D eigenvalue weighted by atomic mass is 32.1. The first-order valence-corrected chi connectivity index (χ1v) is 5.55. The summed E-state index contributed by atoms with van der Waals surface area (Å²) in [6, 6.07) is 5.15. The highest BCUT2D eigenvalue weighted by molar-refractivity contribution is 7.71. The van der Waals surface area contributed by atoms with Gasteiger partial charge < -0.3 is 9.15 Å². The maximum absolute atomic E-state index is 13.2.